The van der Waals surface area contributed by atoms with Crippen LogP contribution in [0.5, 0.6) is 0 Å². The molecule has 1 aromatic rings. The second kappa shape index (κ2) is 10.2. The monoisotopic (exact) mass is 320 g/mol. The molecule has 2 rings (SSSR count). The van der Waals surface area contributed by atoms with Crippen molar-refractivity contribution < 1.29 is 14.3 Å². The van der Waals surface area contributed by atoms with Crippen LogP contribution in [0.4, 0.5) is 4.79 Å². The first-order chi connectivity index (χ1) is 11.3. The highest BCUT2D eigenvalue weighted by molar-refractivity contribution is 5.74. The van der Waals surface area contributed by atoms with Crippen LogP contribution in [0.2, 0.25) is 0 Å². The summed E-state index contributed by atoms with van der Waals surface area (Å²) in [6.45, 7) is 3.86. The van der Waals surface area contributed by atoms with Gasteiger partial charge in [-0.15, -0.1) is 0 Å². The maximum atomic E-state index is 12.2. The molecule has 1 fully saturated rings. The number of urea groups is 1. The highest BCUT2D eigenvalue weighted by atomic mass is 16.5. The lowest BCUT2D eigenvalue weighted by Gasteiger charge is -2.21. The summed E-state index contributed by atoms with van der Waals surface area (Å²) in [7, 11) is 1.65. The molecule has 0 spiro atoms. The number of hydrogen-bond acceptors (Lipinski definition) is 3. The number of carbonyl (C=O) groups is 1. The van der Waals surface area contributed by atoms with Gasteiger partial charge in [-0.1, -0.05) is 30.3 Å². The van der Waals surface area contributed by atoms with E-state index in [9.17, 15) is 4.79 Å². The van der Waals surface area contributed by atoms with E-state index in [0.717, 1.165) is 32.4 Å². The summed E-state index contributed by atoms with van der Waals surface area (Å²) in [6, 6.07) is 10.6. The van der Waals surface area contributed by atoms with E-state index in [1.54, 1.807) is 7.11 Å². The van der Waals surface area contributed by atoms with Crippen molar-refractivity contribution >= 4 is 6.03 Å². The van der Waals surface area contributed by atoms with Gasteiger partial charge in [0.2, 0.25) is 0 Å². The Labute approximate surface area is 139 Å². The fourth-order valence-electron chi connectivity index (χ4n) is 2.94. The zero-order valence-electron chi connectivity index (χ0n) is 14.0. The minimum atomic E-state index is 0.0223. The zero-order chi connectivity index (χ0) is 16.3. The van der Waals surface area contributed by atoms with Gasteiger partial charge in [0.05, 0.1) is 19.8 Å². The number of ether oxygens (including phenoxy) is 2. The highest BCUT2D eigenvalue weighted by Crippen LogP contribution is 2.27. The van der Waals surface area contributed by atoms with Crippen LogP contribution in [-0.2, 0) is 9.47 Å². The van der Waals surface area contributed by atoms with Gasteiger partial charge < -0.3 is 19.7 Å². The molecular weight excluding hydrogens is 292 g/mol. The SMILES string of the molecule is COCCOCCNC(=O)N1CCCC(c2ccccc2)CC1. The molecule has 0 radical (unpaired) electrons. The lowest BCUT2D eigenvalue weighted by molar-refractivity contribution is 0.0721. The third kappa shape index (κ3) is 6.20. The molecule has 1 atom stereocenters. The quantitative estimate of drug-likeness (QED) is 0.786. The molecule has 1 aliphatic rings. The maximum Gasteiger partial charge on any atom is 0.317 e. The van der Waals surface area contributed by atoms with E-state index in [1.165, 1.54) is 5.56 Å². The number of likely N-dealkylation sites (tertiary alicyclic amines) is 1. The first-order valence-corrected chi connectivity index (χ1v) is 8.45. The van der Waals surface area contributed by atoms with Gasteiger partial charge in [0, 0.05) is 26.7 Å². The molecule has 1 aliphatic heterocycles. The Morgan fingerprint density at radius 3 is 2.78 bits per heavy atom. The summed E-state index contributed by atoms with van der Waals surface area (Å²) in [4.78, 5) is 14.1. The van der Waals surface area contributed by atoms with Gasteiger partial charge >= 0.3 is 6.03 Å². The topological polar surface area (TPSA) is 50.8 Å². The van der Waals surface area contributed by atoms with Gasteiger partial charge in [0.15, 0.2) is 0 Å². The standard InChI is InChI=1S/C18H28N2O3/c1-22-14-15-23-13-10-19-18(21)20-11-5-8-17(9-12-20)16-6-3-2-4-7-16/h2-4,6-7,17H,5,8-15H2,1H3,(H,19,21). The zero-order valence-corrected chi connectivity index (χ0v) is 14.0. The summed E-state index contributed by atoms with van der Waals surface area (Å²) in [5.74, 6) is 0.561. The number of nitrogens with zero attached hydrogens (tertiary/aromatic N) is 1. The van der Waals surface area contributed by atoms with E-state index < -0.39 is 0 Å². The molecule has 1 saturated heterocycles. The molecule has 23 heavy (non-hydrogen) atoms. The smallest absolute Gasteiger partial charge is 0.317 e. The summed E-state index contributed by atoms with van der Waals surface area (Å²) in [5.41, 5.74) is 1.39. The number of hydrogen-bond donors (Lipinski definition) is 1. The molecule has 1 aromatic carbocycles. The number of benzene rings is 1. The van der Waals surface area contributed by atoms with E-state index in [-0.39, 0.29) is 6.03 Å². The Hall–Kier alpha value is -1.59. The van der Waals surface area contributed by atoms with Gasteiger partial charge in [-0.3, -0.25) is 0 Å². The van der Waals surface area contributed by atoms with Crippen molar-refractivity contribution in [3.8, 4) is 0 Å². The summed E-state index contributed by atoms with van der Waals surface area (Å²) >= 11 is 0. The van der Waals surface area contributed by atoms with Crippen LogP contribution in [0, 0.1) is 0 Å². The predicted molar refractivity (Wildman–Crippen MR) is 90.7 cm³/mol. The van der Waals surface area contributed by atoms with Gasteiger partial charge in [-0.25, -0.2) is 4.79 Å². The fourth-order valence-corrected chi connectivity index (χ4v) is 2.94. The van der Waals surface area contributed by atoms with E-state index >= 15 is 0 Å². The minimum absolute atomic E-state index is 0.0223. The second-order valence-electron chi connectivity index (χ2n) is 5.86. The highest BCUT2D eigenvalue weighted by Gasteiger charge is 2.21. The normalized spacial score (nSPS) is 18.5. The van der Waals surface area contributed by atoms with Crippen LogP contribution >= 0.6 is 0 Å². The van der Waals surface area contributed by atoms with Crippen molar-refractivity contribution in [2.75, 3.05) is 46.6 Å². The van der Waals surface area contributed by atoms with Crippen molar-refractivity contribution in [2.24, 2.45) is 0 Å². The largest absolute Gasteiger partial charge is 0.382 e. The van der Waals surface area contributed by atoms with Crippen molar-refractivity contribution in [1.29, 1.82) is 0 Å². The molecule has 0 aromatic heterocycles. The second-order valence-corrected chi connectivity index (χ2v) is 5.86. The first-order valence-electron chi connectivity index (χ1n) is 8.45. The number of rotatable bonds is 7. The Kier molecular flexibility index (Phi) is 7.90. The number of nitrogens with one attached hydrogen (secondary N) is 1. The fraction of sp³-hybridized carbons (Fsp3) is 0.611. The molecule has 1 heterocycles. The van der Waals surface area contributed by atoms with E-state index in [0.29, 0.717) is 32.3 Å². The number of methoxy groups -OCH3 is 1. The Morgan fingerprint density at radius 2 is 2.00 bits per heavy atom. The summed E-state index contributed by atoms with van der Waals surface area (Å²) in [6.07, 6.45) is 3.23. The number of carbonyl (C=O) groups excluding carboxylic acids is 1. The van der Waals surface area contributed by atoms with Gasteiger partial charge in [-0.05, 0) is 30.7 Å². The van der Waals surface area contributed by atoms with Crippen LogP contribution in [0.25, 0.3) is 0 Å². The van der Waals surface area contributed by atoms with Crippen LogP contribution < -0.4 is 5.32 Å². The van der Waals surface area contributed by atoms with Crippen molar-refractivity contribution in [2.45, 2.75) is 25.2 Å². The van der Waals surface area contributed by atoms with E-state index in [2.05, 4.69) is 35.6 Å². The molecule has 2 amide bonds. The lowest BCUT2D eigenvalue weighted by Crippen LogP contribution is -2.41. The van der Waals surface area contributed by atoms with Crippen molar-refractivity contribution in [1.82, 2.24) is 10.2 Å². The lowest BCUT2D eigenvalue weighted by atomic mass is 9.92. The van der Waals surface area contributed by atoms with Crippen LogP contribution in [0.1, 0.15) is 30.7 Å². The summed E-state index contributed by atoms with van der Waals surface area (Å²) < 4.78 is 10.3. The van der Waals surface area contributed by atoms with Crippen LogP contribution in [0.15, 0.2) is 30.3 Å². The molecule has 0 bridgehead atoms. The predicted octanol–water partition coefficient (Wildman–Crippen LogP) is 2.63. The van der Waals surface area contributed by atoms with Gasteiger partial charge in [0.1, 0.15) is 0 Å². The van der Waals surface area contributed by atoms with Gasteiger partial charge in [-0.2, -0.15) is 0 Å². The van der Waals surface area contributed by atoms with Crippen molar-refractivity contribution in [3.05, 3.63) is 35.9 Å². The maximum absolute atomic E-state index is 12.2. The van der Waals surface area contributed by atoms with Crippen molar-refractivity contribution in [3.63, 3.8) is 0 Å². The van der Waals surface area contributed by atoms with Crippen LogP contribution in [0.3, 0.4) is 0 Å². The molecule has 5 nitrogen and oxygen atoms in total. The average Bonchev–Trinajstić information content (AvgIpc) is 2.85. The summed E-state index contributed by atoms with van der Waals surface area (Å²) in [5, 5.41) is 2.93. The molecule has 128 valence electrons. The molecule has 1 unspecified atom stereocenters. The molecular formula is C18H28N2O3. The average molecular weight is 320 g/mol. The first kappa shape index (κ1) is 17.8. The molecule has 0 aliphatic carbocycles. The Morgan fingerprint density at radius 1 is 1.17 bits per heavy atom. The third-order valence-corrected chi connectivity index (χ3v) is 4.24. The minimum Gasteiger partial charge on any atom is -0.382 e. The third-order valence-electron chi connectivity index (χ3n) is 4.24. The van der Waals surface area contributed by atoms with E-state index in [4.69, 9.17) is 9.47 Å². The van der Waals surface area contributed by atoms with Crippen LogP contribution in [-0.4, -0.2) is 57.5 Å². The molecule has 0 saturated carbocycles. The number of amides is 2. The molecule has 5 heteroatoms. The molecule has 1 N–H and O–H groups in total. The Balaban J connectivity index is 1.69. The Bertz CT molecular complexity index is 453. The van der Waals surface area contributed by atoms with Gasteiger partial charge in [0.25, 0.3) is 0 Å². The van der Waals surface area contributed by atoms with E-state index in [1.807, 2.05) is 4.90 Å².